The summed E-state index contributed by atoms with van der Waals surface area (Å²) in [7, 11) is -1.41. The lowest BCUT2D eigenvalue weighted by atomic mass is 10.1. The van der Waals surface area contributed by atoms with Crippen LogP contribution in [-0.4, -0.2) is 15.2 Å². The summed E-state index contributed by atoms with van der Waals surface area (Å²) < 4.78 is 51.9. The fourth-order valence-electron chi connectivity index (χ4n) is 1.03. The summed E-state index contributed by atoms with van der Waals surface area (Å²) in [4.78, 5) is 0. The van der Waals surface area contributed by atoms with Crippen LogP contribution in [0.25, 0.3) is 0 Å². The average molecular weight is 277 g/mol. The van der Waals surface area contributed by atoms with Crippen molar-refractivity contribution < 1.29 is 17.4 Å². The summed E-state index contributed by atoms with van der Waals surface area (Å²) in [5, 5.41) is 0. The van der Waals surface area contributed by atoms with Gasteiger partial charge in [0.05, 0.1) is 10.3 Å². The maximum absolute atomic E-state index is 12.3. The molecule has 0 saturated heterocycles. The lowest BCUT2D eigenvalue weighted by Gasteiger charge is -2.12. The standard InChI is InChI=1S/C12H14F3NOS/c1-11(2,3)18(17)16-8-9-4-6-10(7-5-9)12(13,14)15/h4-8H,1-3H3/b16-8+. The van der Waals surface area contributed by atoms with Crippen molar-refractivity contribution in [3.63, 3.8) is 0 Å². The number of hydrogen-bond donors (Lipinski definition) is 0. The van der Waals surface area contributed by atoms with Crippen LogP contribution in [0, 0.1) is 0 Å². The van der Waals surface area contributed by atoms with Crippen molar-refractivity contribution in [3.05, 3.63) is 35.4 Å². The molecule has 1 aromatic carbocycles. The highest BCUT2D eigenvalue weighted by atomic mass is 32.2. The van der Waals surface area contributed by atoms with Crippen LogP contribution in [0.4, 0.5) is 13.2 Å². The monoisotopic (exact) mass is 277 g/mol. The van der Waals surface area contributed by atoms with Gasteiger partial charge >= 0.3 is 6.18 Å². The summed E-state index contributed by atoms with van der Waals surface area (Å²) >= 11 is 0. The first-order valence-electron chi connectivity index (χ1n) is 5.24. The van der Waals surface area contributed by atoms with Crippen LogP contribution >= 0.6 is 0 Å². The zero-order valence-corrected chi connectivity index (χ0v) is 11.1. The number of nitrogens with zero attached hydrogens (tertiary/aromatic N) is 1. The van der Waals surface area contributed by atoms with E-state index >= 15 is 0 Å². The Morgan fingerprint density at radius 3 is 2.00 bits per heavy atom. The molecule has 1 unspecified atom stereocenters. The molecule has 0 spiro atoms. The van der Waals surface area contributed by atoms with Gasteiger partial charge in [-0.25, -0.2) is 4.21 Å². The molecule has 1 aromatic rings. The molecule has 2 nitrogen and oxygen atoms in total. The number of benzene rings is 1. The van der Waals surface area contributed by atoms with E-state index in [1.807, 2.05) is 0 Å². The van der Waals surface area contributed by atoms with E-state index in [-0.39, 0.29) is 0 Å². The van der Waals surface area contributed by atoms with Gasteiger partial charge in [0.25, 0.3) is 0 Å². The second kappa shape index (κ2) is 5.22. The van der Waals surface area contributed by atoms with Crippen molar-refractivity contribution in [2.24, 2.45) is 4.40 Å². The zero-order valence-electron chi connectivity index (χ0n) is 10.3. The molecule has 0 aliphatic carbocycles. The molecule has 0 heterocycles. The average Bonchev–Trinajstić information content (AvgIpc) is 2.24. The van der Waals surface area contributed by atoms with Gasteiger partial charge in [0.15, 0.2) is 0 Å². The molecular weight excluding hydrogens is 263 g/mol. The van der Waals surface area contributed by atoms with E-state index in [0.29, 0.717) is 5.56 Å². The van der Waals surface area contributed by atoms with E-state index in [1.165, 1.54) is 18.3 Å². The summed E-state index contributed by atoms with van der Waals surface area (Å²) in [6, 6.07) is 4.54. The summed E-state index contributed by atoms with van der Waals surface area (Å²) in [6.07, 6.45) is -3.02. The largest absolute Gasteiger partial charge is 0.416 e. The van der Waals surface area contributed by atoms with E-state index in [4.69, 9.17) is 0 Å². The van der Waals surface area contributed by atoms with E-state index in [9.17, 15) is 17.4 Å². The van der Waals surface area contributed by atoms with Gasteiger partial charge in [-0.2, -0.15) is 17.6 Å². The highest BCUT2D eigenvalue weighted by Gasteiger charge is 2.29. The normalized spacial score (nSPS) is 15.0. The Kier molecular flexibility index (Phi) is 4.32. The van der Waals surface area contributed by atoms with Crippen molar-refractivity contribution in [3.8, 4) is 0 Å². The molecule has 0 radical (unpaired) electrons. The van der Waals surface area contributed by atoms with Gasteiger partial charge < -0.3 is 0 Å². The molecule has 100 valence electrons. The lowest BCUT2D eigenvalue weighted by Crippen LogP contribution is -2.19. The van der Waals surface area contributed by atoms with Crippen LogP contribution in [0.3, 0.4) is 0 Å². The van der Waals surface area contributed by atoms with Crippen LogP contribution in [0.15, 0.2) is 28.7 Å². The molecular formula is C12H14F3NOS. The van der Waals surface area contributed by atoms with Gasteiger partial charge in [-0.1, -0.05) is 12.1 Å². The Morgan fingerprint density at radius 1 is 1.11 bits per heavy atom. The van der Waals surface area contributed by atoms with Crippen LogP contribution in [0.1, 0.15) is 31.9 Å². The minimum atomic E-state index is -4.34. The van der Waals surface area contributed by atoms with E-state index in [0.717, 1.165) is 12.1 Å². The SMILES string of the molecule is CC(C)(C)S(=O)/N=C/c1ccc(C(F)(F)F)cc1. The van der Waals surface area contributed by atoms with Crippen LogP contribution in [0.5, 0.6) is 0 Å². The first-order valence-corrected chi connectivity index (χ1v) is 6.35. The molecule has 1 atom stereocenters. The molecule has 0 aliphatic heterocycles. The maximum atomic E-state index is 12.3. The summed E-state index contributed by atoms with van der Waals surface area (Å²) in [6.45, 7) is 5.31. The van der Waals surface area contributed by atoms with Crippen LogP contribution in [-0.2, 0) is 17.2 Å². The molecule has 1 rings (SSSR count). The maximum Gasteiger partial charge on any atom is 0.416 e. The van der Waals surface area contributed by atoms with Gasteiger partial charge in [0.1, 0.15) is 11.0 Å². The summed E-state index contributed by atoms with van der Waals surface area (Å²) in [5.41, 5.74) is -0.225. The molecule has 0 saturated carbocycles. The second-order valence-electron chi connectivity index (χ2n) is 4.72. The van der Waals surface area contributed by atoms with Gasteiger partial charge in [0, 0.05) is 6.21 Å². The van der Waals surface area contributed by atoms with E-state index in [2.05, 4.69) is 4.40 Å². The Morgan fingerprint density at radius 2 is 1.61 bits per heavy atom. The number of rotatable bonds is 2. The zero-order chi connectivity index (χ0) is 14.0. The molecule has 0 amide bonds. The quantitative estimate of drug-likeness (QED) is 0.760. The van der Waals surface area contributed by atoms with Gasteiger partial charge in [-0.15, -0.1) is 0 Å². The predicted molar refractivity (Wildman–Crippen MR) is 66.9 cm³/mol. The van der Waals surface area contributed by atoms with Gasteiger partial charge in [0.2, 0.25) is 0 Å². The number of alkyl halides is 3. The van der Waals surface area contributed by atoms with E-state index in [1.54, 1.807) is 20.8 Å². The van der Waals surface area contributed by atoms with Crippen molar-refractivity contribution >= 4 is 17.2 Å². The Hall–Kier alpha value is -1.17. The third-order valence-corrected chi connectivity index (χ3v) is 3.40. The van der Waals surface area contributed by atoms with E-state index < -0.39 is 27.5 Å². The minimum Gasteiger partial charge on any atom is -0.234 e. The Balaban J connectivity index is 2.82. The second-order valence-corrected chi connectivity index (χ2v) is 6.65. The van der Waals surface area contributed by atoms with Gasteiger partial charge in [-0.05, 0) is 38.5 Å². The third-order valence-electron chi connectivity index (χ3n) is 2.06. The number of halogens is 3. The predicted octanol–water partition coefficient (Wildman–Crippen LogP) is 3.59. The van der Waals surface area contributed by atoms with Crippen molar-refractivity contribution in [2.45, 2.75) is 31.7 Å². The van der Waals surface area contributed by atoms with Crippen molar-refractivity contribution in [1.29, 1.82) is 0 Å². The highest BCUT2D eigenvalue weighted by molar-refractivity contribution is 7.85. The van der Waals surface area contributed by atoms with Crippen molar-refractivity contribution in [1.82, 2.24) is 0 Å². The lowest BCUT2D eigenvalue weighted by molar-refractivity contribution is -0.137. The highest BCUT2D eigenvalue weighted by Crippen LogP contribution is 2.28. The molecule has 0 N–H and O–H groups in total. The Bertz CT molecular complexity index is 458. The third kappa shape index (κ3) is 4.25. The smallest absolute Gasteiger partial charge is 0.234 e. The molecule has 0 aliphatic rings. The first kappa shape index (κ1) is 14.9. The fourth-order valence-corrected chi connectivity index (χ4v) is 1.56. The Labute approximate surface area is 107 Å². The summed E-state index contributed by atoms with van der Waals surface area (Å²) in [5.74, 6) is 0. The van der Waals surface area contributed by atoms with Crippen LogP contribution in [0.2, 0.25) is 0 Å². The minimum absolute atomic E-state index is 0.484. The first-order chi connectivity index (χ1) is 8.10. The molecule has 18 heavy (non-hydrogen) atoms. The van der Waals surface area contributed by atoms with Crippen molar-refractivity contribution in [2.75, 3.05) is 0 Å². The molecule has 0 bridgehead atoms. The van der Waals surface area contributed by atoms with Gasteiger partial charge in [-0.3, -0.25) is 0 Å². The molecule has 0 aromatic heterocycles. The topological polar surface area (TPSA) is 29.4 Å². The molecule has 6 heteroatoms. The fraction of sp³-hybridized carbons (Fsp3) is 0.417. The molecule has 0 fully saturated rings. The number of hydrogen-bond acceptors (Lipinski definition) is 1. The van der Waals surface area contributed by atoms with Crippen LogP contribution < -0.4 is 0 Å².